The van der Waals surface area contributed by atoms with Crippen LogP contribution in [0.5, 0.6) is 0 Å². The van der Waals surface area contributed by atoms with Crippen LogP contribution in [0, 0.1) is 0 Å². The van der Waals surface area contributed by atoms with Gasteiger partial charge in [0.1, 0.15) is 6.04 Å². The van der Waals surface area contributed by atoms with E-state index in [1.54, 1.807) is 0 Å². The zero-order chi connectivity index (χ0) is 12.5. The topological polar surface area (TPSA) is 92.9 Å². The summed E-state index contributed by atoms with van der Waals surface area (Å²) in [5.74, 6) is -1.72. The Morgan fingerprint density at radius 3 is 2.65 bits per heavy atom. The highest BCUT2D eigenvalue weighted by Crippen LogP contribution is 2.24. The molecule has 0 aliphatic carbocycles. The van der Waals surface area contributed by atoms with E-state index in [1.165, 1.54) is 6.92 Å². The molecule has 1 saturated heterocycles. The van der Waals surface area contributed by atoms with Crippen molar-refractivity contribution in [1.29, 1.82) is 0 Å². The van der Waals surface area contributed by atoms with E-state index in [-0.39, 0.29) is 23.5 Å². The molecule has 0 aromatic rings. The Bertz CT molecular complexity index is 343. The zero-order valence-corrected chi connectivity index (χ0v) is 12.0. The minimum absolute atomic E-state index is 0. The Morgan fingerprint density at radius 1 is 1.76 bits per heavy atom. The second-order valence-electron chi connectivity index (χ2n) is 3.29. The SMILES string of the molecule is CC(=S)OC(C(=O)O)N1C(=O)[C@H](N)[C@@H]1CBr.Cl. The Kier molecular flexibility index (Phi) is 6.31. The first-order valence-corrected chi connectivity index (χ1v) is 5.97. The Balaban J connectivity index is 0.00000256. The molecule has 1 rings (SSSR count). The van der Waals surface area contributed by atoms with Crippen molar-refractivity contribution < 1.29 is 19.4 Å². The number of β-lactam (4-membered cyclic amide) rings is 1. The van der Waals surface area contributed by atoms with Crippen LogP contribution < -0.4 is 5.73 Å². The predicted octanol–water partition coefficient (Wildman–Crippen LogP) is 0.116. The normalized spacial score (nSPS) is 24.4. The number of carbonyl (C=O) groups excluding carboxylic acids is 1. The number of amides is 1. The Hall–Kier alpha value is -0.440. The smallest absolute Gasteiger partial charge is 0.366 e. The third-order valence-corrected chi connectivity index (χ3v) is 2.97. The van der Waals surface area contributed by atoms with Gasteiger partial charge in [0, 0.05) is 12.3 Å². The minimum atomic E-state index is -1.40. The number of ether oxygens (including phenoxy) is 1. The molecule has 0 saturated carbocycles. The van der Waals surface area contributed by atoms with Crippen LogP contribution in [-0.4, -0.2) is 50.6 Å². The molecule has 1 aliphatic rings. The van der Waals surface area contributed by atoms with Gasteiger partial charge in [0.25, 0.3) is 6.23 Å². The molecule has 1 heterocycles. The molecule has 1 amide bonds. The summed E-state index contributed by atoms with van der Waals surface area (Å²) in [7, 11) is 0. The lowest BCUT2D eigenvalue weighted by molar-refractivity contribution is -0.178. The van der Waals surface area contributed by atoms with Crippen molar-refractivity contribution in [2.75, 3.05) is 5.33 Å². The Morgan fingerprint density at radius 2 is 2.29 bits per heavy atom. The molecule has 6 nitrogen and oxygen atoms in total. The monoisotopic (exact) mass is 346 g/mol. The summed E-state index contributed by atoms with van der Waals surface area (Å²) >= 11 is 7.82. The van der Waals surface area contributed by atoms with Crippen molar-refractivity contribution in [2.45, 2.75) is 25.2 Å². The second kappa shape index (κ2) is 6.48. The largest absolute Gasteiger partial charge is 0.477 e. The standard InChI is InChI=1S/C8H11BrN2O4S.ClH/c1-3(16)15-7(8(13)14)11-4(2-9)5(10)6(11)12;/h4-5,7H,2,10H2,1H3,(H,13,14);1H/t4-,5+,7?;/m0./s1. The van der Waals surface area contributed by atoms with E-state index < -0.39 is 24.1 Å². The average Bonchev–Trinajstić information content (AvgIpc) is 2.21. The fraction of sp³-hybridized carbons (Fsp3) is 0.625. The van der Waals surface area contributed by atoms with Crippen molar-refractivity contribution in [3.05, 3.63) is 0 Å². The summed E-state index contributed by atoms with van der Waals surface area (Å²) in [6, 6.07) is -1.07. The molecular weight excluding hydrogens is 336 g/mol. The molecule has 17 heavy (non-hydrogen) atoms. The molecule has 9 heteroatoms. The van der Waals surface area contributed by atoms with Crippen molar-refractivity contribution in [3.63, 3.8) is 0 Å². The van der Waals surface area contributed by atoms with Crippen LogP contribution in [0.1, 0.15) is 6.92 Å². The summed E-state index contributed by atoms with van der Waals surface area (Å²) in [5, 5.41) is 9.40. The summed E-state index contributed by atoms with van der Waals surface area (Å²) in [6.07, 6.45) is -1.40. The third kappa shape index (κ3) is 3.27. The maximum Gasteiger partial charge on any atom is 0.366 e. The lowest BCUT2D eigenvalue weighted by atomic mass is 9.97. The number of halogens is 2. The second-order valence-corrected chi connectivity index (χ2v) is 4.52. The van der Waals surface area contributed by atoms with Gasteiger partial charge >= 0.3 is 5.97 Å². The number of aliphatic carboxylic acids is 1. The van der Waals surface area contributed by atoms with Gasteiger partial charge in [-0.3, -0.25) is 9.69 Å². The summed E-state index contributed by atoms with van der Waals surface area (Å²) in [6.45, 7) is 1.44. The van der Waals surface area contributed by atoms with Gasteiger partial charge in [0.15, 0.2) is 5.05 Å². The molecule has 0 spiro atoms. The maximum atomic E-state index is 11.5. The number of carboxylic acid groups (broad SMARTS) is 1. The molecule has 98 valence electrons. The lowest BCUT2D eigenvalue weighted by Crippen LogP contribution is -2.73. The molecule has 3 atom stereocenters. The third-order valence-electron chi connectivity index (χ3n) is 2.21. The van der Waals surface area contributed by atoms with E-state index in [2.05, 4.69) is 28.1 Å². The van der Waals surface area contributed by atoms with E-state index in [0.29, 0.717) is 5.33 Å². The highest BCUT2D eigenvalue weighted by atomic mass is 79.9. The van der Waals surface area contributed by atoms with Crippen LogP contribution in [0.2, 0.25) is 0 Å². The number of hydrogen-bond acceptors (Lipinski definition) is 5. The number of nitrogens with two attached hydrogens (primary N) is 1. The summed E-state index contributed by atoms with van der Waals surface area (Å²) in [4.78, 5) is 23.5. The van der Waals surface area contributed by atoms with Crippen molar-refractivity contribution in [2.24, 2.45) is 5.73 Å². The van der Waals surface area contributed by atoms with Gasteiger partial charge in [-0.25, -0.2) is 4.79 Å². The van der Waals surface area contributed by atoms with E-state index in [1.807, 2.05) is 0 Å². The zero-order valence-electron chi connectivity index (χ0n) is 8.83. The van der Waals surface area contributed by atoms with Crippen LogP contribution in [0.15, 0.2) is 0 Å². The fourth-order valence-electron chi connectivity index (χ4n) is 1.43. The lowest BCUT2D eigenvalue weighted by Gasteiger charge is -2.46. The van der Waals surface area contributed by atoms with Gasteiger partial charge in [-0.2, -0.15) is 0 Å². The number of alkyl halides is 1. The van der Waals surface area contributed by atoms with Crippen molar-refractivity contribution >= 4 is 57.5 Å². The van der Waals surface area contributed by atoms with Crippen LogP contribution >= 0.6 is 40.6 Å². The first-order valence-electron chi connectivity index (χ1n) is 4.44. The maximum absolute atomic E-state index is 11.5. The Labute approximate surface area is 118 Å². The van der Waals surface area contributed by atoms with E-state index in [4.69, 9.17) is 15.6 Å². The van der Waals surface area contributed by atoms with Crippen LogP contribution in [-0.2, 0) is 14.3 Å². The average molecular weight is 348 g/mol. The number of carbonyl (C=O) groups is 2. The van der Waals surface area contributed by atoms with Gasteiger partial charge in [-0.1, -0.05) is 15.9 Å². The summed E-state index contributed by atoms with van der Waals surface area (Å²) in [5.41, 5.74) is 5.53. The van der Waals surface area contributed by atoms with Gasteiger partial charge in [-0.05, 0) is 12.2 Å². The quantitative estimate of drug-likeness (QED) is 0.426. The van der Waals surface area contributed by atoms with Crippen molar-refractivity contribution in [3.8, 4) is 0 Å². The van der Waals surface area contributed by atoms with Crippen LogP contribution in [0.3, 0.4) is 0 Å². The molecule has 3 N–H and O–H groups in total. The van der Waals surface area contributed by atoms with Gasteiger partial charge in [-0.15, -0.1) is 12.4 Å². The fourth-order valence-corrected chi connectivity index (χ4v) is 2.24. The number of carboxylic acids is 1. The van der Waals surface area contributed by atoms with Gasteiger partial charge < -0.3 is 15.6 Å². The molecule has 0 bridgehead atoms. The molecule has 1 fully saturated rings. The van der Waals surface area contributed by atoms with E-state index in [0.717, 1.165) is 4.90 Å². The first-order chi connectivity index (χ1) is 7.40. The van der Waals surface area contributed by atoms with E-state index in [9.17, 15) is 9.59 Å². The van der Waals surface area contributed by atoms with Gasteiger partial charge in [0.2, 0.25) is 5.91 Å². The van der Waals surface area contributed by atoms with Crippen LogP contribution in [0.4, 0.5) is 0 Å². The summed E-state index contributed by atoms with van der Waals surface area (Å²) < 4.78 is 4.93. The van der Waals surface area contributed by atoms with Gasteiger partial charge in [0.05, 0.1) is 6.04 Å². The highest BCUT2D eigenvalue weighted by Gasteiger charge is 2.51. The van der Waals surface area contributed by atoms with Crippen LogP contribution in [0.25, 0.3) is 0 Å². The molecule has 0 aromatic heterocycles. The highest BCUT2D eigenvalue weighted by molar-refractivity contribution is 9.09. The molecule has 0 aromatic carbocycles. The number of nitrogens with zero attached hydrogens (tertiary/aromatic N) is 1. The molecule has 0 radical (unpaired) electrons. The molecular formula is C8H12BrClN2O4S. The van der Waals surface area contributed by atoms with Crippen molar-refractivity contribution in [1.82, 2.24) is 4.90 Å². The predicted molar refractivity (Wildman–Crippen MR) is 70.4 cm³/mol. The number of likely N-dealkylation sites (tertiary alicyclic amines) is 1. The number of hydrogen-bond donors (Lipinski definition) is 2. The first kappa shape index (κ1) is 16.6. The van der Waals surface area contributed by atoms with E-state index >= 15 is 0 Å². The molecule has 1 aliphatic heterocycles. The molecule has 1 unspecified atom stereocenters. The minimum Gasteiger partial charge on any atom is -0.477 e. The number of rotatable bonds is 4. The number of thiocarbonyl (C=S) groups is 1.